The molecule has 0 atom stereocenters. The minimum absolute atomic E-state index is 0.00122. The molecule has 8 nitrogen and oxygen atoms in total. The lowest BCUT2D eigenvalue weighted by atomic mass is 10.2. The minimum atomic E-state index is -0.460. The molecule has 3 amide bonds. The van der Waals surface area contributed by atoms with Gasteiger partial charge in [0.05, 0.1) is 0 Å². The van der Waals surface area contributed by atoms with Crippen LogP contribution < -0.4 is 26.2 Å². The SMILES string of the molecule is Cc1ccc(OCC(=O)NC(=S)NNC(=O)c2ccc(NC(=O)C3CC3)cc2)cc1. The minimum Gasteiger partial charge on any atom is -0.484 e. The van der Waals surface area contributed by atoms with Crippen LogP contribution in [0.5, 0.6) is 5.75 Å². The Morgan fingerprint density at radius 1 is 1.00 bits per heavy atom. The van der Waals surface area contributed by atoms with Crippen LogP contribution in [0.1, 0.15) is 28.8 Å². The summed E-state index contributed by atoms with van der Waals surface area (Å²) in [6.07, 6.45) is 1.85. The molecule has 0 radical (unpaired) electrons. The molecule has 1 fully saturated rings. The number of ether oxygens (including phenoxy) is 1. The van der Waals surface area contributed by atoms with Gasteiger partial charge in [0.25, 0.3) is 11.8 Å². The number of thiocarbonyl (C=S) groups is 1. The molecular weight excluding hydrogens is 404 g/mol. The molecule has 0 aromatic heterocycles. The van der Waals surface area contributed by atoms with E-state index in [1.807, 2.05) is 19.1 Å². The fourth-order valence-corrected chi connectivity index (χ4v) is 2.62. The van der Waals surface area contributed by atoms with E-state index in [1.54, 1.807) is 36.4 Å². The van der Waals surface area contributed by atoms with Gasteiger partial charge >= 0.3 is 0 Å². The summed E-state index contributed by atoms with van der Waals surface area (Å²) in [7, 11) is 0. The van der Waals surface area contributed by atoms with Gasteiger partial charge in [0.1, 0.15) is 5.75 Å². The lowest BCUT2D eigenvalue weighted by molar-refractivity contribution is -0.121. The lowest BCUT2D eigenvalue weighted by Crippen LogP contribution is -2.49. The van der Waals surface area contributed by atoms with Gasteiger partial charge in [-0.25, -0.2) is 0 Å². The normalized spacial score (nSPS) is 12.4. The molecule has 0 saturated heterocycles. The van der Waals surface area contributed by atoms with Crippen LogP contribution in [0.3, 0.4) is 0 Å². The third-order valence-electron chi connectivity index (χ3n) is 4.30. The van der Waals surface area contributed by atoms with Crippen molar-refractivity contribution < 1.29 is 19.1 Å². The molecule has 1 aliphatic carbocycles. The third kappa shape index (κ3) is 6.56. The number of amides is 3. The van der Waals surface area contributed by atoms with Crippen molar-refractivity contribution in [1.82, 2.24) is 16.2 Å². The summed E-state index contributed by atoms with van der Waals surface area (Å²) in [5, 5.41) is 5.15. The van der Waals surface area contributed by atoms with Crippen molar-refractivity contribution in [1.29, 1.82) is 0 Å². The van der Waals surface area contributed by atoms with E-state index in [9.17, 15) is 14.4 Å². The number of benzene rings is 2. The molecule has 0 spiro atoms. The zero-order valence-corrected chi connectivity index (χ0v) is 17.2. The number of anilines is 1. The lowest BCUT2D eigenvalue weighted by Gasteiger charge is -2.12. The highest BCUT2D eigenvalue weighted by Crippen LogP contribution is 2.30. The van der Waals surface area contributed by atoms with E-state index in [-0.39, 0.29) is 23.5 Å². The molecule has 30 heavy (non-hydrogen) atoms. The van der Waals surface area contributed by atoms with Gasteiger partial charge in [-0.05, 0) is 68.4 Å². The second-order valence-electron chi connectivity index (χ2n) is 6.90. The number of hydrazine groups is 1. The molecule has 1 aliphatic rings. The van der Waals surface area contributed by atoms with E-state index in [4.69, 9.17) is 17.0 Å². The molecule has 3 rings (SSSR count). The van der Waals surface area contributed by atoms with Gasteiger partial charge in [-0.15, -0.1) is 0 Å². The fourth-order valence-electron chi connectivity index (χ4n) is 2.46. The number of nitrogens with one attached hydrogen (secondary N) is 4. The first-order valence-corrected chi connectivity index (χ1v) is 9.82. The summed E-state index contributed by atoms with van der Waals surface area (Å²) in [5.41, 5.74) is 6.95. The van der Waals surface area contributed by atoms with Crippen LogP contribution in [-0.4, -0.2) is 29.4 Å². The van der Waals surface area contributed by atoms with E-state index in [1.165, 1.54) is 0 Å². The average Bonchev–Trinajstić information content (AvgIpc) is 3.58. The maximum absolute atomic E-state index is 12.2. The summed E-state index contributed by atoms with van der Waals surface area (Å²) in [5.74, 6) is -0.225. The van der Waals surface area contributed by atoms with Crippen LogP contribution in [0.2, 0.25) is 0 Å². The molecule has 0 aliphatic heterocycles. The van der Waals surface area contributed by atoms with Crippen LogP contribution in [-0.2, 0) is 9.59 Å². The summed E-state index contributed by atoms with van der Waals surface area (Å²) in [6.45, 7) is 1.74. The Morgan fingerprint density at radius 2 is 1.67 bits per heavy atom. The second-order valence-corrected chi connectivity index (χ2v) is 7.31. The first-order chi connectivity index (χ1) is 14.4. The first-order valence-electron chi connectivity index (χ1n) is 9.41. The second kappa shape index (κ2) is 9.84. The van der Waals surface area contributed by atoms with Crippen molar-refractivity contribution in [2.75, 3.05) is 11.9 Å². The number of hydrogen-bond donors (Lipinski definition) is 4. The van der Waals surface area contributed by atoms with Crippen LogP contribution in [0, 0.1) is 12.8 Å². The van der Waals surface area contributed by atoms with Gasteiger partial charge in [0.2, 0.25) is 5.91 Å². The van der Waals surface area contributed by atoms with Crippen LogP contribution in [0.4, 0.5) is 5.69 Å². The molecule has 156 valence electrons. The van der Waals surface area contributed by atoms with Gasteiger partial charge < -0.3 is 10.1 Å². The number of carbonyl (C=O) groups is 3. The van der Waals surface area contributed by atoms with Crippen molar-refractivity contribution >= 4 is 40.7 Å². The quantitative estimate of drug-likeness (QED) is 0.416. The van der Waals surface area contributed by atoms with Crippen LogP contribution in [0.15, 0.2) is 48.5 Å². The summed E-state index contributed by atoms with van der Waals surface area (Å²) >= 11 is 4.98. The van der Waals surface area contributed by atoms with Crippen molar-refractivity contribution in [3.05, 3.63) is 59.7 Å². The number of carbonyl (C=O) groups excluding carboxylic acids is 3. The van der Waals surface area contributed by atoms with E-state index >= 15 is 0 Å². The zero-order valence-electron chi connectivity index (χ0n) is 16.4. The smallest absolute Gasteiger partial charge is 0.269 e. The number of aryl methyl sites for hydroxylation is 1. The highest BCUT2D eigenvalue weighted by atomic mass is 32.1. The summed E-state index contributed by atoms with van der Waals surface area (Å²) in [6, 6.07) is 13.7. The van der Waals surface area contributed by atoms with E-state index < -0.39 is 11.8 Å². The molecule has 9 heteroatoms. The molecule has 4 N–H and O–H groups in total. The number of hydrogen-bond acceptors (Lipinski definition) is 5. The van der Waals surface area contributed by atoms with Crippen molar-refractivity contribution in [3.63, 3.8) is 0 Å². The van der Waals surface area contributed by atoms with E-state index in [2.05, 4.69) is 21.5 Å². The monoisotopic (exact) mass is 426 g/mol. The fraction of sp³-hybridized carbons (Fsp3) is 0.238. The topological polar surface area (TPSA) is 109 Å². The number of rotatable bonds is 6. The largest absolute Gasteiger partial charge is 0.484 e. The maximum Gasteiger partial charge on any atom is 0.269 e. The molecule has 0 unspecified atom stereocenters. The van der Waals surface area contributed by atoms with Crippen LogP contribution >= 0.6 is 12.2 Å². The van der Waals surface area contributed by atoms with Crippen LogP contribution in [0.25, 0.3) is 0 Å². The summed E-state index contributed by atoms with van der Waals surface area (Å²) in [4.78, 5) is 35.8. The Labute approximate surface area is 179 Å². The predicted molar refractivity (Wildman–Crippen MR) is 116 cm³/mol. The third-order valence-corrected chi connectivity index (χ3v) is 4.50. The van der Waals surface area contributed by atoms with Crippen molar-refractivity contribution in [2.45, 2.75) is 19.8 Å². The molecule has 2 aromatic carbocycles. The molecule has 2 aromatic rings. The Balaban J connectivity index is 1.38. The highest BCUT2D eigenvalue weighted by Gasteiger charge is 2.29. The maximum atomic E-state index is 12.2. The van der Waals surface area contributed by atoms with Gasteiger partial charge in [0, 0.05) is 17.2 Å². The van der Waals surface area contributed by atoms with Gasteiger partial charge in [-0.1, -0.05) is 17.7 Å². The van der Waals surface area contributed by atoms with E-state index in [0.717, 1.165) is 18.4 Å². The highest BCUT2D eigenvalue weighted by molar-refractivity contribution is 7.80. The van der Waals surface area contributed by atoms with Gasteiger partial charge in [0.15, 0.2) is 11.7 Å². The Hall–Kier alpha value is -3.46. The van der Waals surface area contributed by atoms with Gasteiger partial charge in [-0.2, -0.15) is 0 Å². The van der Waals surface area contributed by atoms with Gasteiger partial charge in [-0.3, -0.25) is 30.6 Å². The molecular formula is C21H22N4O4S. The average molecular weight is 426 g/mol. The zero-order chi connectivity index (χ0) is 21.5. The Bertz CT molecular complexity index is 940. The summed E-state index contributed by atoms with van der Waals surface area (Å²) < 4.78 is 5.36. The predicted octanol–water partition coefficient (Wildman–Crippen LogP) is 2.06. The molecule has 0 heterocycles. The van der Waals surface area contributed by atoms with Crippen molar-refractivity contribution in [3.8, 4) is 5.75 Å². The Kier molecular flexibility index (Phi) is 6.97. The van der Waals surface area contributed by atoms with Crippen molar-refractivity contribution in [2.24, 2.45) is 5.92 Å². The first kappa shape index (κ1) is 21.3. The molecule has 0 bridgehead atoms. The Morgan fingerprint density at radius 3 is 2.30 bits per heavy atom. The van der Waals surface area contributed by atoms with E-state index in [0.29, 0.717) is 17.0 Å². The standard InChI is InChI=1S/C21H22N4O4S/c1-13-2-10-17(11-3-13)29-12-18(26)23-21(30)25-24-20(28)15-6-8-16(9-7-15)22-19(27)14-4-5-14/h2-3,6-11,14H,4-5,12H2,1H3,(H,22,27)(H,24,28)(H2,23,25,26,30). The molecule has 1 saturated carbocycles.